The summed E-state index contributed by atoms with van der Waals surface area (Å²) < 4.78 is 0. The standard InChI is InChI=1S/C13H24N2O4/c1-4-7-14(9-10-16)13(19)15(11(2)3)8-5-6-12(17)18/h4,11,16H,1,5-10H2,2-3H3,(H,17,18). The van der Waals surface area contributed by atoms with Crippen LogP contribution in [-0.2, 0) is 4.79 Å². The maximum Gasteiger partial charge on any atom is 0.320 e. The molecule has 19 heavy (non-hydrogen) atoms. The molecule has 0 radical (unpaired) electrons. The molecule has 0 aliphatic rings. The van der Waals surface area contributed by atoms with Gasteiger partial charge >= 0.3 is 12.0 Å². The van der Waals surface area contributed by atoms with Crippen molar-refractivity contribution in [2.75, 3.05) is 26.2 Å². The first-order valence-electron chi connectivity index (χ1n) is 6.43. The van der Waals surface area contributed by atoms with Gasteiger partial charge in [-0.2, -0.15) is 0 Å². The van der Waals surface area contributed by atoms with Crippen molar-refractivity contribution in [2.45, 2.75) is 32.7 Å². The third-order valence-corrected chi connectivity index (χ3v) is 2.65. The Morgan fingerprint density at radius 2 is 1.95 bits per heavy atom. The largest absolute Gasteiger partial charge is 0.481 e. The second-order valence-corrected chi connectivity index (χ2v) is 4.53. The lowest BCUT2D eigenvalue weighted by molar-refractivity contribution is -0.137. The highest BCUT2D eigenvalue weighted by atomic mass is 16.4. The van der Waals surface area contributed by atoms with Crippen LogP contribution < -0.4 is 0 Å². The Balaban J connectivity index is 4.60. The Labute approximate surface area is 114 Å². The SMILES string of the molecule is C=CCN(CCO)C(=O)N(CCCC(=O)O)C(C)C. The van der Waals surface area contributed by atoms with Gasteiger partial charge < -0.3 is 20.0 Å². The molecular formula is C13H24N2O4. The molecule has 0 aliphatic heterocycles. The monoisotopic (exact) mass is 272 g/mol. The molecule has 0 fully saturated rings. The highest BCUT2D eigenvalue weighted by Crippen LogP contribution is 2.07. The molecule has 110 valence electrons. The van der Waals surface area contributed by atoms with E-state index in [-0.39, 0.29) is 31.6 Å². The van der Waals surface area contributed by atoms with Crippen LogP contribution in [0.3, 0.4) is 0 Å². The van der Waals surface area contributed by atoms with Crippen molar-refractivity contribution in [1.29, 1.82) is 0 Å². The third-order valence-electron chi connectivity index (χ3n) is 2.65. The summed E-state index contributed by atoms with van der Waals surface area (Å²) in [5, 5.41) is 17.6. The fourth-order valence-electron chi connectivity index (χ4n) is 1.70. The van der Waals surface area contributed by atoms with E-state index in [0.29, 0.717) is 19.5 Å². The van der Waals surface area contributed by atoms with Gasteiger partial charge in [0.2, 0.25) is 0 Å². The summed E-state index contributed by atoms with van der Waals surface area (Å²) >= 11 is 0. The molecule has 0 atom stereocenters. The number of carboxylic acid groups (broad SMARTS) is 1. The minimum Gasteiger partial charge on any atom is -0.481 e. The molecule has 0 saturated heterocycles. The maximum atomic E-state index is 12.3. The van der Waals surface area contributed by atoms with Gasteiger partial charge in [-0.15, -0.1) is 6.58 Å². The van der Waals surface area contributed by atoms with Crippen LogP contribution in [0.25, 0.3) is 0 Å². The van der Waals surface area contributed by atoms with Crippen molar-refractivity contribution < 1.29 is 19.8 Å². The van der Waals surface area contributed by atoms with E-state index in [1.165, 1.54) is 4.90 Å². The average molecular weight is 272 g/mol. The summed E-state index contributed by atoms with van der Waals surface area (Å²) in [6.45, 7) is 8.23. The average Bonchev–Trinajstić information content (AvgIpc) is 2.33. The first kappa shape index (κ1) is 17.4. The molecule has 2 amide bonds. The molecule has 0 aromatic carbocycles. The van der Waals surface area contributed by atoms with Gasteiger partial charge in [-0.3, -0.25) is 4.79 Å². The van der Waals surface area contributed by atoms with Crippen LogP contribution in [0.1, 0.15) is 26.7 Å². The predicted octanol–water partition coefficient (Wildman–Crippen LogP) is 1.16. The molecule has 0 heterocycles. The number of rotatable bonds is 9. The lowest BCUT2D eigenvalue weighted by Crippen LogP contribution is -2.47. The van der Waals surface area contributed by atoms with Gasteiger partial charge in [0.25, 0.3) is 0 Å². The van der Waals surface area contributed by atoms with Crippen LogP contribution >= 0.6 is 0 Å². The Morgan fingerprint density at radius 3 is 2.37 bits per heavy atom. The lowest BCUT2D eigenvalue weighted by atomic mass is 10.2. The van der Waals surface area contributed by atoms with Gasteiger partial charge in [-0.25, -0.2) is 4.79 Å². The Bertz CT molecular complexity index is 305. The van der Waals surface area contributed by atoms with Crippen molar-refractivity contribution in [3.63, 3.8) is 0 Å². The van der Waals surface area contributed by atoms with E-state index in [4.69, 9.17) is 10.2 Å². The summed E-state index contributed by atoms with van der Waals surface area (Å²) in [6.07, 6.45) is 2.06. The fraction of sp³-hybridized carbons (Fsp3) is 0.692. The zero-order valence-corrected chi connectivity index (χ0v) is 11.7. The van der Waals surface area contributed by atoms with Crippen LogP contribution in [-0.4, -0.2) is 64.3 Å². The summed E-state index contributed by atoms with van der Waals surface area (Å²) in [4.78, 5) is 25.9. The van der Waals surface area contributed by atoms with Crippen molar-refractivity contribution in [3.05, 3.63) is 12.7 Å². The zero-order valence-electron chi connectivity index (χ0n) is 11.7. The first-order chi connectivity index (χ1) is 8.93. The molecule has 0 saturated carbocycles. The second-order valence-electron chi connectivity index (χ2n) is 4.53. The van der Waals surface area contributed by atoms with Gasteiger partial charge in [-0.1, -0.05) is 6.08 Å². The molecule has 2 N–H and O–H groups in total. The molecule has 6 heteroatoms. The van der Waals surface area contributed by atoms with E-state index in [2.05, 4.69) is 6.58 Å². The predicted molar refractivity (Wildman–Crippen MR) is 73.0 cm³/mol. The molecule has 0 aliphatic carbocycles. The van der Waals surface area contributed by atoms with E-state index in [9.17, 15) is 9.59 Å². The number of urea groups is 1. The number of hydrogen-bond donors (Lipinski definition) is 2. The molecule has 0 spiro atoms. The summed E-state index contributed by atoms with van der Waals surface area (Å²) in [7, 11) is 0. The van der Waals surface area contributed by atoms with Gasteiger partial charge in [0.1, 0.15) is 0 Å². The van der Waals surface area contributed by atoms with Crippen LogP contribution in [0.15, 0.2) is 12.7 Å². The minimum absolute atomic E-state index is 0.0210. The van der Waals surface area contributed by atoms with Crippen LogP contribution in [0, 0.1) is 0 Å². The van der Waals surface area contributed by atoms with Gasteiger partial charge in [0.05, 0.1) is 6.61 Å². The molecular weight excluding hydrogens is 248 g/mol. The lowest BCUT2D eigenvalue weighted by Gasteiger charge is -2.32. The van der Waals surface area contributed by atoms with Gasteiger partial charge in [-0.05, 0) is 20.3 Å². The minimum atomic E-state index is -0.866. The number of carbonyl (C=O) groups excluding carboxylic acids is 1. The molecule has 0 aromatic heterocycles. The number of nitrogens with zero attached hydrogens (tertiary/aromatic N) is 2. The highest BCUT2D eigenvalue weighted by Gasteiger charge is 2.22. The normalized spacial score (nSPS) is 10.3. The smallest absolute Gasteiger partial charge is 0.320 e. The first-order valence-corrected chi connectivity index (χ1v) is 6.43. The molecule has 0 bridgehead atoms. The quantitative estimate of drug-likeness (QED) is 0.617. The zero-order chi connectivity index (χ0) is 14.8. The van der Waals surface area contributed by atoms with Crippen LogP contribution in [0.5, 0.6) is 0 Å². The third kappa shape index (κ3) is 6.81. The Hall–Kier alpha value is -1.56. The summed E-state index contributed by atoms with van der Waals surface area (Å²) in [5.74, 6) is -0.866. The Kier molecular flexibility index (Phi) is 8.61. The van der Waals surface area contributed by atoms with Gasteiger partial charge in [0.15, 0.2) is 0 Å². The number of aliphatic hydroxyl groups excluding tert-OH is 1. The number of amides is 2. The van der Waals surface area contributed by atoms with E-state index in [0.717, 1.165) is 0 Å². The number of hydrogen-bond acceptors (Lipinski definition) is 3. The van der Waals surface area contributed by atoms with Crippen LogP contribution in [0.4, 0.5) is 4.79 Å². The van der Waals surface area contributed by atoms with E-state index >= 15 is 0 Å². The fourth-order valence-corrected chi connectivity index (χ4v) is 1.70. The summed E-state index contributed by atoms with van der Waals surface area (Å²) in [5.41, 5.74) is 0. The number of aliphatic hydroxyl groups is 1. The number of carboxylic acids is 1. The maximum absolute atomic E-state index is 12.3. The van der Waals surface area contributed by atoms with Crippen molar-refractivity contribution in [2.24, 2.45) is 0 Å². The topological polar surface area (TPSA) is 81.1 Å². The number of aliphatic carboxylic acids is 1. The van der Waals surface area contributed by atoms with Crippen molar-refractivity contribution in [3.8, 4) is 0 Å². The molecule has 0 rings (SSSR count). The van der Waals surface area contributed by atoms with E-state index in [1.807, 2.05) is 13.8 Å². The highest BCUT2D eigenvalue weighted by molar-refractivity contribution is 5.75. The number of carbonyl (C=O) groups is 2. The van der Waals surface area contributed by atoms with Crippen molar-refractivity contribution >= 4 is 12.0 Å². The van der Waals surface area contributed by atoms with Crippen molar-refractivity contribution in [1.82, 2.24) is 9.80 Å². The molecule has 0 unspecified atom stereocenters. The molecule has 6 nitrogen and oxygen atoms in total. The molecule has 0 aromatic rings. The summed E-state index contributed by atoms with van der Waals surface area (Å²) in [6, 6.07) is -0.221. The Morgan fingerprint density at radius 1 is 1.32 bits per heavy atom. The van der Waals surface area contributed by atoms with Gasteiger partial charge in [0, 0.05) is 32.1 Å². The van der Waals surface area contributed by atoms with E-state index < -0.39 is 5.97 Å². The second kappa shape index (κ2) is 9.38. The van der Waals surface area contributed by atoms with Crippen LogP contribution in [0.2, 0.25) is 0 Å². The van der Waals surface area contributed by atoms with E-state index in [1.54, 1.807) is 11.0 Å².